The summed E-state index contributed by atoms with van der Waals surface area (Å²) in [5.74, 6) is -0.250. The van der Waals surface area contributed by atoms with Gasteiger partial charge in [0.1, 0.15) is 0 Å². The number of amides is 2. The van der Waals surface area contributed by atoms with Crippen molar-refractivity contribution < 1.29 is 9.59 Å². The van der Waals surface area contributed by atoms with Gasteiger partial charge in [-0.1, -0.05) is 24.3 Å². The van der Waals surface area contributed by atoms with E-state index in [4.69, 9.17) is 5.73 Å². The molecule has 0 saturated carbocycles. The number of nitrogens with zero attached hydrogens (tertiary/aromatic N) is 4. The van der Waals surface area contributed by atoms with Crippen molar-refractivity contribution in [3.63, 3.8) is 0 Å². The molecular weight excluding hydrogens is 424 g/mol. The fraction of sp³-hybridized carbons (Fsp3) is 0.136. The van der Waals surface area contributed by atoms with Crippen molar-refractivity contribution in [1.82, 2.24) is 19.6 Å². The molecule has 33 heavy (non-hydrogen) atoms. The average Bonchev–Trinajstić information content (AvgIpc) is 3.12. The van der Waals surface area contributed by atoms with Crippen LogP contribution in [-0.2, 0) is 9.59 Å². The van der Waals surface area contributed by atoms with Crippen LogP contribution in [0.4, 0.5) is 23.3 Å². The Labute approximate surface area is 188 Å². The predicted molar refractivity (Wildman–Crippen MR) is 127 cm³/mol. The van der Waals surface area contributed by atoms with E-state index in [1.807, 2.05) is 48.5 Å². The van der Waals surface area contributed by atoms with Gasteiger partial charge in [-0.15, -0.1) is 0 Å². The first-order chi connectivity index (χ1) is 15.7. The Morgan fingerprint density at radius 2 is 1.55 bits per heavy atom. The van der Waals surface area contributed by atoms with E-state index in [0.717, 1.165) is 16.8 Å². The van der Waals surface area contributed by atoms with Crippen LogP contribution in [-0.4, -0.2) is 38.5 Å². The van der Waals surface area contributed by atoms with Gasteiger partial charge in [0, 0.05) is 32.3 Å². The van der Waals surface area contributed by atoms with Crippen LogP contribution in [0.5, 0.6) is 0 Å². The number of anilines is 4. The zero-order valence-electron chi connectivity index (χ0n) is 18.2. The van der Waals surface area contributed by atoms with Crippen LogP contribution in [0.25, 0.3) is 22.3 Å². The van der Waals surface area contributed by atoms with Crippen LogP contribution in [0.1, 0.15) is 13.8 Å². The van der Waals surface area contributed by atoms with E-state index >= 15 is 0 Å². The minimum Gasteiger partial charge on any atom is -0.369 e. The smallest absolute Gasteiger partial charge is 0.280 e. The normalized spacial score (nSPS) is 10.8. The van der Waals surface area contributed by atoms with Gasteiger partial charge < -0.3 is 16.4 Å². The molecule has 0 fully saturated rings. The first-order valence-corrected chi connectivity index (χ1v) is 10.0. The average molecular weight is 446 g/mol. The zero-order chi connectivity index (χ0) is 23.7. The first kappa shape index (κ1) is 21.6. The van der Waals surface area contributed by atoms with Crippen LogP contribution >= 0.6 is 0 Å². The van der Waals surface area contributed by atoms with E-state index in [2.05, 4.69) is 25.6 Å². The van der Waals surface area contributed by atoms with Crippen LogP contribution in [0, 0.1) is 0 Å². The van der Waals surface area contributed by atoms with Gasteiger partial charge in [-0.05, 0) is 35.4 Å². The number of fused-ring (bicyclic) bond motifs is 1. The summed E-state index contributed by atoms with van der Waals surface area (Å²) in [5.41, 5.74) is 8.75. The number of hydrogen-bond donors (Lipinski definition) is 4. The van der Waals surface area contributed by atoms with Crippen molar-refractivity contribution in [2.45, 2.75) is 13.8 Å². The lowest BCUT2D eigenvalue weighted by Crippen LogP contribution is -2.35. The molecule has 4 rings (SSSR count). The quantitative estimate of drug-likeness (QED) is 0.367. The third kappa shape index (κ3) is 4.37. The molecule has 11 heteroatoms. The van der Waals surface area contributed by atoms with Crippen LogP contribution in [0.3, 0.4) is 0 Å². The highest BCUT2D eigenvalue weighted by molar-refractivity contribution is 5.89. The van der Waals surface area contributed by atoms with E-state index in [1.54, 1.807) is 7.05 Å². The van der Waals surface area contributed by atoms with Gasteiger partial charge in [0.05, 0.1) is 0 Å². The number of aromatic amines is 1. The van der Waals surface area contributed by atoms with Gasteiger partial charge in [0.25, 0.3) is 5.56 Å². The van der Waals surface area contributed by atoms with E-state index < -0.39 is 5.56 Å². The standard InChI is InChI=1S/C22H22N8O3/c1-12(31)24-16-8-4-14(5-9-16)15-6-10-17(11-7-15)25-22-26-18-19(27-21(23)28-20(18)33)30(22)29(3)13(2)32/h4-11H,1-3H3,(H,24,31)(H,25,26)(H3,23,27,28,33). The van der Waals surface area contributed by atoms with Crippen LogP contribution < -0.4 is 26.9 Å². The van der Waals surface area contributed by atoms with E-state index in [0.29, 0.717) is 5.69 Å². The molecule has 0 aliphatic rings. The van der Waals surface area contributed by atoms with Gasteiger partial charge in [-0.2, -0.15) is 9.66 Å². The number of aromatic nitrogens is 4. The molecular formula is C22H22N8O3. The second-order valence-electron chi connectivity index (χ2n) is 7.37. The lowest BCUT2D eigenvalue weighted by Gasteiger charge is -2.19. The Morgan fingerprint density at radius 1 is 0.970 bits per heavy atom. The fourth-order valence-corrected chi connectivity index (χ4v) is 3.30. The molecule has 0 spiro atoms. The number of carbonyl (C=O) groups is 2. The highest BCUT2D eigenvalue weighted by atomic mass is 16.2. The molecule has 0 bridgehead atoms. The van der Waals surface area contributed by atoms with E-state index in [-0.39, 0.29) is 34.9 Å². The monoisotopic (exact) mass is 446 g/mol. The number of nitrogens with one attached hydrogen (secondary N) is 3. The number of nitrogen functional groups attached to an aromatic ring is 1. The summed E-state index contributed by atoms with van der Waals surface area (Å²) in [6.45, 7) is 2.85. The Hall–Kier alpha value is -4.67. The third-order valence-corrected chi connectivity index (χ3v) is 4.95. The molecule has 2 heterocycles. The number of benzene rings is 2. The van der Waals surface area contributed by atoms with Gasteiger partial charge in [-0.3, -0.25) is 19.4 Å². The lowest BCUT2D eigenvalue weighted by molar-refractivity contribution is -0.117. The Morgan fingerprint density at radius 3 is 2.09 bits per heavy atom. The van der Waals surface area contributed by atoms with Crippen molar-refractivity contribution >= 4 is 46.2 Å². The summed E-state index contributed by atoms with van der Waals surface area (Å²) in [6, 6.07) is 15.0. The summed E-state index contributed by atoms with van der Waals surface area (Å²) in [4.78, 5) is 46.4. The van der Waals surface area contributed by atoms with Crippen molar-refractivity contribution in [2.24, 2.45) is 0 Å². The second-order valence-corrected chi connectivity index (χ2v) is 7.37. The van der Waals surface area contributed by atoms with Crippen molar-refractivity contribution in [3.05, 3.63) is 58.9 Å². The molecule has 2 aromatic heterocycles. The molecule has 0 aliphatic heterocycles. The van der Waals surface area contributed by atoms with Crippen LogP contribution in [0.2, 0.25) is 0 Å². The molecule has 2 amide bonds. The number of H-pyrrole nitrogens is 1. The summed E-state index contributed by atoms with van der Waals surface area (Å²) < 4.78 is 1.40. The number of carbonyl (C=O) groups excluding carboxylic acids is 2. The number of imidazole rings is 1. The molecule has 168 valence electrons. The predicted octanol–water partition coefficient (Wildman–Crippen LogP) is 2.19. The van der Waals surface area contributed by atoms with Gasteiger partial charge in [0.2, 0.25) is 23.7 Å². The van der Waals surface area contributed by atoms with Gasteiger partial charge in [-0.25, -0.2) is 9.99 Å². The van der Waals surface area contributed by atoms with Crippen molar-refractivity contribution in [2.75, 3.05) is 28.4 Å². The van der Waals surface area contributed by atoms with E-state index in [9.17, 15) is 14.4 Å². The first-order valence-electron chi connectivity index (χ1n) is 10.0. The molecule has 0 saturated heterocycles. The molecule has 11 nitrogen and oxygen atoms in total. The summed E-state index contributed by atoms with van der Waals surface area (Å²) in [6.07, 6.45) is 0. The Balaban J connectivity index is 1.65. The molecule has 0 atom stereocenters. The maximum Gasteiger partial charge on any atom is 0.280 e. The van der Waals surface area contributed by atoms with Crippen molar-refractivity contribution in [3.8, 4) is 11.1 Å². The topological polar surface area (TPSA) is 151 Å². The second kappa shape index (κ2) is 8.46. The summed E-state index contributed by atoms with van der Waals surface area (Å²) in [5, 5.41) is 7.15. The maximum absolute atomic E-state index is 12.3. The molecule has 2 aromatic carbocycles. The molecule has 0 aliphatic carbocycles. The van der Waals surface area contributed by atoms with Gasteiger partial charge >= 0.3 is 0 Å². The maximum atomic E-state index is 12.3. The fourth-order valence-electron chi connectivity index (χ4n) is 3.30. The SMILES string of the molecule is CC(=O)Nc1ccc(-c2ccc(Nc3nc4c(=O)[nH]c(N)nc4n3N(C)C(C)=O)cc2)cc1. The molecule has 4 aromatic rings. The number of rotatable bonds is 5. The minimum absolute atomic E-state index is 0.0516. The van der Waals surface area contributed by atoms with Crippen LogP contribution in [0.15, 0.2) is 53.3 Å². The van der Waals surface area contributed by atoms with Gasteiger partial charge in [0.15, 0.2) is 11.2 Å². The zero-order valence-corrected chi connectivity index (χ0v) is 18.2. The summed E-state index contributed by atoms with van der Waals surface area (Å²) in [7, 11) is 1.54. The largest absolute Gasteiger partial charge is 0.369 e. The highest BCUT2D eigenvalue weighted by Gasteiger charge is 2.20. The molecule has 5 N–H and O–H groups in total. The minimum atomic E-state index is -0.505. The third-order valence-electron chi connectivity index (χ3n) is 4.95. The summed E-state index contributed by atoms with van der Waals surface area (Å²) >= 11 is 0. The molecule has 0 radical (unpaired) electrons. The number of nitrogens with two attached hydrogens (primary N) is 1. The Kier molecular flexibility index (Phi) is 5.53. The Bertz CT molecular complexity index is 1400. The van der Waals surface area contributed by atoms with E-state index in [1.165, 1.54) is 23.5 Å². The van der Waals surface area contributed by atoms with Crippen molar-refractivity contribution in [1.29, 1.82) is 0 Å². The lowest BCUT2D eigenvalue weighted by atomic mass is 10.1. The number of hydrogen-bond acceptors (Lipinski definition) is 7. The highest BCUT2D eigenvalue weighted by Crippen LogP contribution is 2.25. The molecule has 0 unspecified atom stereocenters.